The molecule has 1 saturated carbocycles. The standard InChI is InChI=1S/C9H11NO3/c1-6-10-7(5-13-6)9(8(11)12)3-2-4-9/h5H,2-4H2,1H3,(H,11,12). The van der Waals surface area contributed by atoms with E-state index in [2.05, 4.69) is 4.98 Å². The number of carbonyl (C=O) groups is 1. The van der Waals surface area contributed by atoms with Gasteiger partial charge in [-0.15, -0.1) is 0 Å². The monoisotopic (exact) mass is 181 g/mol. The highest BCUT2D eigenvalue weighted by atomic mass is 16.4. The van der Waals surface area contributed by atoms with Crippen LogP contribution < -0.4 is 0 Å². The van der Waals surface area contributed by atoms with Crippen LogP contribution in [0.2, 0.25) is 0 Å². The average Bonchev–Trinajstić information content (AvgIpc) is 2.32. The zero-order valence-electron chi connectivity index (χ0n) is 7.41. The van der Waals surface area contributed by atoms with Gasteiger partial charge in [0, 0.05) is 6.92 Å². The normalized spacial score (nSPS) is 19.5. The van der Waals surface area contributed by atoms with E-state index in [1.165, 1.54) is 6.26 Å². The van der Waals surface area contributed by atoms with Gasteiger partial charge in [-0.1, -0.05) is 6.42 Å². The Morgan fingerprint density at radius 3 is 2.69 bits per heavy atom. The SMILES string of the molecule is Cc1nc(C2(C(=O)O)CCC2)co1. The first-order valence-electron chi connectivity index (χ1n) is 4.31. The highest BCUT2D eigenvalue weighted by Crippen LogP contribution is 2.43. The van der Waals surface area contributed by atoms with Crippen molar-refractivity contribution in [1.82, 2.24) is 4.98 Å². The molecular formula is C9H11NO3. The molecule has 0 unspecified atom stereocenters. The average molecular weight is 181 g/mol. The van der Waals surface area contributed by atoms with Gasteiger partial charge in [-0.05, 0) is 12.8 Å². The molecule has 1 aliphatic carbocycles. The van der Waals surface area contributed by atoms with E-state index in [0.717, 1.165) is 6.42 Å². The first kappa shape index (κ1) is 8.29. The molecule has 0 radical (unpaired) electrons. The molecule has 4 nitrogen and oxygen atoms in total. The fourth-order valence-corrected chi connectivity index (χ4v) is 1.69. The molecule has 0 aliphatic heterocycles. The zero-order chi connectivity index (χ0) is 9.47. The van der Waals surface area contributed by atoms with Gasteiger partial charge in [-0.2, -0.15) is 0 Å². The van der Waals surface area contributed by atoms with Crippen LogP contribution in [0.4, 0.5) is 0 Å². The van der Waals surface area contributed by atoms with Gasteiger partial charge in [-0.3, -0.25) is 4.79 Å². The van der Waals surface area contributed by atoms with Crippen LogP contribution in [0.1, 0.15) is 30.8 Å². The van der Waals surface area contributed by atoms with E-state index >= 15 is 0 Å². The van der Waals surface area contributed by atoms with Gasteiger partial charge >= 0.3 is 5.97 Å². The van der Waals surface area contributed by atoms with Gasteiger partial charge in [0.15, 0.2) is 5.89 Å². The van der Waals surface area contributed by atoms with Crippen LogP contribution >= 0.6 is 0 Å². The van der Waals surface area contributed by atoms with Gasteiger partial charge in [0.25, 0.3) is 0 Å². The molecule has 4 heteroatoms. The summed E-state index contributed by atoms with van der Waals surface area (Å²) in [6, 6.07) is 0. The number of hydrogen-bond donors (Lipinski definition) is 1. The second-order valence-corrected chi connectivity index (χ2v) is 3.49. The van der Waals surface area contributed by atoms with E-state index in [4.69, 9.17) is 9.52 Å². The molecule has 70 valence electrons. The van der Waals surface area contributed by atoms with Crippen LogP contribution in [0.5, 0.6) is 0 Å². The Bertz CT molecular complexity index is 338. The molecular weight excluding hydrogens is 170 g/mol. The number of aromatic nitrogens is 1. The summed E-state index contributed by atoms with van der Waals surface area (Å²) >= 11 is 0. The molecule has 1 aliphatic rings. The van der Waals surface area contributed by atoms with Crippen molar-refractivity contribution >= 4 is 5.97 Å². The summed E-state index contributed by atoms with van der Waals surface area (Å²) in [6.45, 7) is 1.72. The third kappa shape index (κ3) is 1.05. The Kier molecular flexibility index (Phi) is 1.65. The minimum atomic E-state index is -0.785. The van der Waals surface area contributed by atoms with Gasteiger partial charge in [-0.25, -0.2) is 4.98 Å². The van der Waals surface area contributed by atoms with E-state index in [0.29, 0.717) is 24.4 Å². The Balaban J connectivity index is 2.37. The summed E-state index contributed by atoms with van der Waals surface area (Å²) < 4.78 is 5.02. The third-order valence-electron chi connectivity index (χ3n) is 2.73. The van der Waals surface area contributed by atoms with Crippen molar-refractivity contribution in [3.05, 3.63) is 17.8 Å². The van der Waals surface area contributed by atoms with Gasteiger partial charge in [0.2, 0.25) is 0 Å². The van der Waals surface area contributed by atoms with Crippen molar-refractivity contribution in [3.63, 3.8) is 0 Å². The van der Waals surface area contributed by atoms with Crippen LogP contribution in [0.25, 0.3) is 0 Å². The molecule has 13 heavy (non-hydrogen) atoms. The highest BCUT2D eigenvalue weighted by Gasteiger charge is 2.48. The second kappa shape index (κ2) is 2.58. The van der Waals surface area contributed by atoms with Crippen LogP contribution in [-0.2, 0) is 10.2 Å². The predicted molar refractivity (Wildman–Crippen MR) is 44.4 cm³/mol. The molecule has 0 amide bonds. The van der Waals surface area contributed by atoms with E-state index in [1.807, 2.05) is 0 Å². The molecule has 0 saturated heterocycles. The van der Waals surface area contributed by atoms with Crippen LogP contribution in [0, 0.1) is 6.92 Å². The van der Waals surface area contributed by atoms with Crippen molar-refractivity contribution in [3.8, 4) is 0 Å². The lowest BCUT2D eigenvalue weighted by molar-refractivity contribution is -0.147. The highest BCUT2D eigenvalue weighted by molar-refractivity contribution is 5.81. The van der Waals surface area contributed by atoms with Crippen molar-refractivity contribution in [2.45, 2.75) is 31.6 Å². The summed E-state index contributed by atoms with van der Waals surface area (Å²) in [5, 5.41) is 9.06. The molecule has 0 bridgehead atoms. The third-order valence-corrected chi connectivity index (χ3v) is 2.73. The van der Waals surface area contributed by atoms with Crippen molar-refractivity contribution in [1.29, 1.82) is 0 Å². The van der Waals surface area contributed by atoms with Crippen LogP contribution in [0.15, 0.2) is 10.7 Å². The number of oxazole rings is 1. The van der Waals surface area contributed by atoms with E-state index in [9.17, 15) is 4.79 Å². The minimum absolute atomic E-state index is 0.530. The Morgan fingerprint density at radius 2 is 2.38 bits per heavy atom. The fraction of sp³-hybridized carbons (Fsp3) is 0.556. The van der Waals surface area contributed by atoms with Gasteiger partial charge in [0.1, 0.15) is 11.7 Å². The lowest BCUT2D eigenvalue weighted by atomic mass is 9.67. The molecule has 0 aromatic carbocycles. The van der Waals surface area contributed by atoms with Crippen LogP contribution in [-0.4, -0.2) is 16.1 Å². The number of rotatable bonds is 2. The van der Waals surface area contributed by atoms with Crippen molar-refractivity contribution in [2.24, 2.45) is 0 Å². The second-order valence-electron chi connectivity index (χ2n) is 3.49. The molecule has 2 rings (SSSR count). The number of aliphatic carboxylic acids is 1. The zero-order valence-corrected chi connectivity index (χ0v) is 7.41. The van der Waals surface area contributed by atoms with E-state index < -0.39 is 11.4 Å². The first-order chi connectivity index (χ1) is 6.15. The van der Waals surface area contributed by atoms with Crippen LogP contribution in [0.3, 0.4) is 0 Å². The maximum atomic E-state index is 11.0. The molecule has 1 N–H and O–H groups in total. The maximum Gasteiger partial charge on any atom is 0.315 e. The first-order valence-corrected chi connectivity index (χ1v) is 4.31. The number of carboxylic acid groups (broad SMARTS) is 1. The number of nitrogens with zero attached hydrogens (tertiary/aromatic N) is 1. The summed E-state index contributed by atoms with van der Waals surface area (Å²) in [5.74, 6) is -0.255. The quantitative estimate of drug-likeness (QED) is 0.750. The molecule has 1 aromatic rings. The Labute approximate surface area is 75.6 Å². The maximum absolute atomic E-state index is 11.0. The molecule has 1 heterocycles. The smallest absolute Gasteiger partial charge is 0.315 e. The van der Waals surface area contributed by atoms with Crippen molar-refractivity contribution in [2.75, 3.05) is 0 Å². The predicted octanol–water partition coefficient (Wildman–Crippen LogP) is 1.49. The molecule has 0 atom stereocenters. The Morgan fingerprint density at radius 1 is 1.69 bits per heavy atom. The topological polar surface area (TPSA) is 63.3 Å². The van der Waals surface area contributed by atoms with Gasteiger partial charge < -0.3 is 9.52 Å². The summed E-state index contributed by atoms with van der Waals surface area (Å²) in [7, 11) is 0. The lowest BCUT2D eigenvalue weighted by Crippen LogP contribution is -2.42. The number of hydrogen-bond acceptors (Lipinski definition) is 3. The number of carboxylic acids is 1. The summed E-state index contributed by atoms with van der Waals surface area (Å²) in [4.78, 5) is 15.1. The number of aryl methyl sites for hydroxylation is 1. The molecule has 0 spiro atoms. The summed E-state index contributed by atoms with van der Waals surface area (Å²) in [5.41, 5.74) is -0.179. The van der Waals surface area contributed by atoms with Crippen molar-refractivity contribution < 1.29 is 14.3 Å². The van der Waals surface area contributed by atoms with E-state index in [-0.39, 0.29) is 0 Å². The minimum Gasteiger partial charge on any atom is -0.481 e. The largest absolute Gasteiger partial charge is 0.481 e. The van der Waals surface area contributed by atoms with Gasteiger partial charge in [0.05, 0.1) is 5.69 Å². The fourth-order valence-electron chi connectivity index (χ4n) is 1.69. The molecule has 1 aromatic heterocycles. The Hall–Kier alpha value is -1.32. The molecule has 1 fully saturated rings. The summed E-state index contributed by atoms with van der Waals surface area (Å²) in [6.07, 6.45) is 3.77. The lowest BCUT2D eigenvalue weighted by Gasteiger charge is -2.35. The van der Waals surface area contributed by atoms with E-state index in [1.54, 1.807) is 6.92 Å².